The molecule has 112 valence electrons. The summed E-state index contributed by atoms with van der Waals surface area (Å²) in [4.78, 5) is 9.97. The van der Waals surface area contributed by atoms with Crippen LogP contribution in [0.1, 0.15) is 5.69 Å². The molecule has 0 amide bonds. The van der Waals surface area contributed by atoms with E-state index < -0.39 is 0 Å². The van der Waals surface area contributed by atoms with Gasteiger partial charge in [0.05, 0.1) is 12.8 Å². The summed E-state index contributed by atoms with van der Waals surface area (Å²) in [5.41, 5.74) is 3.23. The van der Waals surface area contributed by atoms with Gasteiger partial charge in [0.15, 0.2) is 10.6 Å². The molecule has 0 fully saturated rings. The lowest BCUT2D eigenvalue weighted by molar-refractivity contribution is 0.415. The van der Waals surface area contributed by atoms with Gasteiger partial charge in [-0.15, -0.1) is 11.3 Å². The third-order valence-electron chi connectivity index (χ3n) is 3.39. The average Bonchev–Trinajstić information content (AvgIpc) is 2.89. The molecule has 0 bridgehead atoms. The van der Waals surface area contributed by atoms with E-state index in [2.05, 4.69) is 32.1 Å². The Morgan fingerprint density at radius 3 is 2.59 bits per heavy atom. The average molecular weight is 311 g/mol. The molecular formula is C17H17N3OS. The van der Waals surface area contributed by atoms with Crippen LogP contribution in [0.4, 0.5) is 5.82 Å². The molecular weight excluding hydrogens is 294 g/mol. The molecule has 1 aromatic carbocycles. The summed E-state index contributed by atoms with van der Waals surface area (Å²) in [6.07, 6.45) is 0. The van der Waals surface area contributed by atoms with Crippen LogP contribution in [0.2, 0.25) is 0 Å². The van der Waals surface area contributed by atoms with Crippen molar-refractivity contribution in [3.8, 4) is 17.0 Å². The second-order valence-electron chi connectivity index (χ2n) is 4.94. The summed E-state index contributed by atoms with van der Waals surface area (Å²) in [5.74, 6) is 1.59. The van der Waals surface area contributed by atoms with Gasteiger partial charge in [0.2, 0.25) is 0 Å². The zero-order chi connectivity index (χ0) is 15.5. The highest BCUT2D eigenvalue weighted by atomic mass is 32.1. The number of rotatable bonds is 3. The van der Waals surface area contributed by atoms with Crippen molar-refractivity contribution >= 4 is 17.2 Å². The van der Waals surface area contributed by atoms with Crippen molar-refractivity contribution in [3.05, 3.63) is 58.3 Å². The summed E-state index contributed by atoms with van der Waals surface area (Å²) in [7, 11) is 3.69. The van der Waals surface area contributed by atoms with Crippen molar-refractivity contribution in [3.63, 3.8) is 0 Å². The summed E-state index contributed by atoms with van der Waals surface area (Å²) >= 11 is 1.61. The Balaban J connectivity index is 2.01. The summed E-state index contributed by atoms with van der Waals surface area (Å²) in [6, 6.07) is 13.9. The second kappa shape index (κ2) is 6.15. The highest BCUT2D eigenvalue weighted by Crippen LogP contribution is 2.22. The fourth-order valence-electron chi connectivity index (χ4n) is 2.18. The molecule has 0 atom stereocenters. The van der Waals surface area contributed by atoms with E-state index in [1.165, 1.54) is 0 Å². The number of pyridine rings is 1. The monoisotopic (exact) mass is 311 g/mol. The third kappa shape index (κ3) is 2.94. The van der Waals surface area contributed by atoms with E-state index in [9.17, 15) is 0 Å². The van der Waals surface area contributed by atoms with Crippen molar-refractivity contribution in [2.24, 2.45) is 12.0 Å². The van der Waals surface area contributed by atoms with Gasteiger partial charge in [-0.25, -0.2) is 9.98 Å². The first-order chi connectivity index (χ1) is 10.7. The van der Waals surface area contributed by atoms with Gasteiger partial charge in [-0.05, 0) is 48.9 Å². The quantitative estimate of drug-likeness (QED) is 0.740. The van der Waals surface area contributed by atoms with Crippen molar-refractivity contribution in [1.29, 1.82) is 0 Å². The van der Waals surface area contributed by atoms with Crippen LogP contribution < -0.4 is 9.54 Å². The fraction of sp³-hybridized carbons (Fsp3) is 0.176. The minimum Gasteiger partial charge on any atom is -0.497 e. The molecule has 0 aliphatic rings. The number of aryl methyl sites for hydroxylation is 1. The molecule has 2 heterocycles. The predicted molar refractivity (Wildman–Crippen MR) is 89.5 cm³/mol. The SMILES string of the molecule is COc1ccc(-c2cs/c(=N\c3cccc(C)n3)n2C)cc1. The number of methoxy groups -OCH3 is 1. The molecule has 0 unspecified atom stereocenters. The maximum absolute atomic E-state index is 5.20. The van der Waals surface area contributed by atoms with E-state index in [0.29, 0.717) is 0 Å². The molecule has 0 aliphatic carbocycles. The molecule has 3 aromatic rings. The molecule has 3 rings (SSSR count). The maximum atomic E-state index is 5.20. The lowest BCUT2D eigenvalue weighted by Gasteiger charge is -2.04. The molecule has 0 saturated heterocycles. The van der Waals surface area contributed by atoms with Crippen LogP contribution in [-0.2, 0) is 7.05 Å². The molecule has 0 radical (unpaired) electrons. The Labute approximate surface area is 133 Å². The van der Waals surface area contributed by atoms with Crippen molar-refractivity contribution in [1.82, 2.24) is 9.55 Å². The minimum atomic E-state index is 0.735. The molecule has 0 spiro atoms. The van der Waals surface area contributed by atoms with Gasteiger partial charge in [0.25, 0.3) is 0 Å². The first-order valence-electron chi connectivity index (χ1n) is 6.95. The van der Waals surface area contributed by atoms with Crippen molar-refractivity contribution < 1.29 is 4.74 Å². The number of hydrogen-bond acceptors (Lipinski definition) is 4. The highest BCUT2D eigenvalue weighted by Gasteiger charge is 2.05. The Hall–Kier alpha value is -2.40. The first kappa shape index (κ1) is 14.5. The predicted octanol–water partition coefficient (Wildman–Crippen LogP) is 3.70. The summed E-state index contributed by atoms with van der Waals surface area (Å²) < 4.78 is 7.28. The number of ether oxygens (including phenoxy) is 1. The van der Waals surface area contributed by atoms with Crippen LogP contribution in [0.25, 0.3) is 11.3 Å². The van der Waals surface area contributed by atoms with Gasteiger partial charge in [-0.3, -0.25) is 0 Å². The van der Waals surface area contributed by atoms with Crippen LogP contribution >= 0.6 is 11.3 Å². The second-order valence-corrected chi connectivity index (χ2v) is 5.78. The standard InChI is InChI=1S/C17H17N3OS/c1-12-5-4-6-16(18-12)19-17-20(2)15(11-22-17)13-7-9-14(21-3)10-8-13/h4-11H,1-3H3/b19-17-. The van der Waals surface area contributed by atoms with Crippen molar-refractivity contribution in [2.75, 3.05) is 7.11 Å². The lowest BCUT2D eigenvalue weighted by Crippen LogP contribution is -2.11. The Bertz CT molecular complexity index is 847. The van der Waals surface area contributed by atoms with Crippen LogP contribution in [-0.4, -0.2) is 16.7 Å². The van der Waals surface area contributed by atoms with Crippen LogP contribution in [0.5, 0.6) is 5.75 Å². The molecule has 2 aromatic heterocycles. The van der Waals surface area contributed by atoms with Gasteiger partial charge in [0, 0.05) is 18.1 Å². The Morgan fingerprint density at radius 2 is 1.91 bits per heavy atom. The highest BCUT2D eigenvalue weighted by molar-refractivity contribution is 7.07. The lowest BCUT2D eigenvalue weighted by atomic mass is 10.1. The number of benzene rings is 1. The van der Waals surface area contributed by atoms with E-state index in [1.807, 2.05) is 44.3 Å². The van der Waals surface area contributed by atoms with Crippen LogP contribution in [0.15, 0.2) is 52.8 Å². The summed E-state index contributed by atoms with van der Waals surface area (Å²) in [6.45, 7) is 1.97. The van der Waals surface area contributed by atoms with E-state index in [-0.39, 0.29) is 0 Å². The number of hydrogen-bond donors (Lipinski definition) is 0. The van der Waals surface area contributed by atoms with Gasteiger partial charge in [0.1, 0.15) is 5.75 Å². The molecule has 4 nitrogen and oxygen atoms in total. The van der Waals surface area contributed by atoms with Gasteiger partial charge in [-0.2, -0.15) is 0 Å². The number of nitrogens with zero attached hydrogens (tertiary/aromatic N) is 3. The molecule has 0 N–H and O–H groups in total. The van der Waals surface area contributed by atoms with Crippen LogP contribution in [0, 0.1) is 6.92 Å². The first-order valence-corrected chi connectivity index (χ1v) is 7.82. The minimum absolute atomic E-state index is 0.735. The third-order valence-corrected chi connectivity index (χ3v) is 4.31. The smallest absolute Gasteiger partial charge is 0.191 e. The van der Waals surface area contributed by atoms with E-state index in [1.54, 1.807) is 18.4 Å². The molecule has 5 heteroatoms. The Morgan fingerprint density at radius 1 is 1.14 bits per heavy atom. The molecule has 22 heavy (non-hydrogen) atoms. The van der Waals surface area contributed by atoms with Crippen molar-refractivity contribution in [2.45, 2.75) is 6.92 Å². The largest absolute Gasteiger partial charge is 0.497 e. The van der Waals surface area contributed by atoms with Gasteiger partial charge in [-0.1, -0.05) is 6.07 Å². The van der Waals surface area contributed by atoms with Gasteiger partial charge < -0.3 is 9.30 Å². The molecule has 0 saturated carbocycles. The van der Waals surface area contributed by atoms with E-state index >= 15 is 0 Å². The molecule has 0 aliphatic heterocycles. The number of aromatic nitrogens is 2. The topological polar surface area (TPSA) is 39.4 Å². The normalized spacial score (nSPS) is 11.7. The van der Waals surface area contributed by atoms with E-state index in [4.69, 9.17) is 4.74 Å². The fourth-order valence-corrected chi connectivity index (χ4v) is 3.10. The van der Waals surface area contributed by atoms with Gasteiger partial charge >= 0.3 is 0 Å². The zero-order valence-corrected chi connectivity index (χ0v) is 13.6. The zero-order valence-electron chi connectivity index (χ0n) is 12.8. The number of thiazole rings is 1. The van der Waals surface area contributed by atoms with E-state index in [0.717, 1.165) is 33.3 Å². The Kier molecular flexibility index (Phi) is 4.06. The summed E-state index contributed by atoms with van der Waals surface area (Å²) in [5, 5.41) is 2.11. The van der Waals surface area contributed by atoms with Crippen LogP contribution in [0.3, 0.4) is 0 Å². The maximum Gasteiger partial charge on any atom is 0.191 e.